The quantitative estimate of drug-likeness (QED) is 0.591. The third-order valence-electron chi connectivity index (χ3n) is 2.37. The van der Waals surface area contributed by atoms with Crippen LogP contribution in [0.25, 0.3) is 5.76 Å². The van der Waals surface area contributed by atoms with Crippen molar-refractivity contribution in [1.29, 1.82) is 0 Å². The predicted molar refractivity (Wildman–Crippen MR) is 74.4 cm³/mol. The van der Waals surface area contributed by atoms with Crippen LogP contribution in [0.1, 0.15) is 22.8 Å². The second-order valence-electron chi connectivity index (χ2n) is 3.56. The minimum absolute atomic E-state index is 0.0276. The van der Waals surface area contributed by atoms with Crippen LogP contribution in [0.15, 0.2) is 16.6 Å². The molecular weight excluding hydrogens is 359 g/mol. The molecule has 0 aliphatic carbocycles. The van der Waals surface area contributed by atoms with Gasteiger partial charge in [0.2, 0.25) is 0 Å². The first-order valence-electron chi connectivity index (χ1n) is 5.24. The van der Waals surface area contributed by atoms with Gasteiger partial charge in [0.1, 0.15) is 4.48 Å². The van der Waals surface area contributed by atoms with Gasteiger partial charge in [-0.15, -0.1) is 0 Å². The number of esters is 2. The second-order valence-corrected chi connectivity index (χ2v) is 5.17. The zero-order valence-corrected chi connectivity index (χ0v) is 12.7. The summed E-state index contributed by atoms with van der Waals surface area (Å²) in [4.78, 5) is 23.3. The summed E-state index contributed by atoms with van der Waals surface area (Å²) < 4.78 is 9.90. The van der Waals surface area contributed by atoms with Crippen molar-refractivity contribution in [2.24, 2.45) is 0 Å². The molecule has 1 aromatic carbocycles. The highest BCUT2D eigenvalue weighted by Gasteiger charge is 2.32. The van der Waals surface area contributed by atoms with Crippen molar-refractivity contribution in [1.82, 2.24) is 0 Å². The number of benzene rings is 1. The van der Waals surface area contributed by atoms with Gasteiger partial charge in [-0.25, -0.2) is 9.59 Å². The minimum atomic E-state index is -0.621. The van der Waals surface area contributed by atoms with Gasteiger partial charge in [-0.2, -0.15) is 0 Å². The number of halogens is 3. The van der Waals surface area contributed by atoms with E-state index in [1.165, 1.54) is 12.1 Å². The molecule has 0 N–H and O–H groups in total. The lowest BCUT2D eigenvalue weighted by Gasteiger charge is -2.04. The maximum Gasteiger partial charge on any atom is 0.349 e. The van der Waals surface area contributed by atoms with Gasteiger partial charge in [-0.3, -0.25) is 0 Å². The van der Waals surface area contributed by atoms with Crippen molar-refractivity contribution in [3.05, 3.63) is 37.8 Å². The number of hydrogen-bond acceptors (Lipinski definition) is 4. The van der Waals surface area contributed by atoms with Gasteiger partial charge in [-0.05, 0) is 35.0 Å². The van der Waals surface area contributed by atoms with E-state index in [1.54, 1.807) is 6.92 Å². The first kappa shape index (κ1) is 14.4. The highest BCUT2D eigenvalue weighted by molar-refractivity contribution is 9.12. The fourth-order valence-corrected chi connectivity index (χ4v) is 2.29. The Balaban J connectivity index is 2.55. The van der Waals surface area contributed by atoms with Crippen molar-refractivity contribution >= 4 is 56.8 Å². The predicted octanol–water partition coefficient (Wildman–Crippen LogP) is 3.79. The molecule has 2 rings (SSSR count). The molecule has 1 aliphatic rings. The van der Waals surface area contributed by atoms with Crippen LogP contribution < -0.4 is 0 Å². The lowest BCUT2D eigenvalue weighted by Crippen LogP contribution is -2.05. The minimum Gasteiger partial charge on any atom is -0.462 e. The van der Waals surface area contributed by atoms with E-state index in [1.807, 2.05) is 0 Å². The molecule has 0 saturated heterocycles. The lowest BCUT2D eigenvalue weighted by atomic mass is 10.1. The van der Waals surface area contributed by atoms with Gasteiger partial charge in [0.15, 0.2) is 5.76 Å². The SMILES string of the molecule is CCOC(=O)/C(Br)=C1\OC(=O)c2cc(Cl)c(Cl)cc21. The second kappa shape index (κ2) is 5.53. The Kier molecular flexibility index (Phi) is 4.18. The normalized spacial score (nSPS) is 15.9. The summed E-state index contributed by atoms with van der Waals surface area (Å²) >= 11 is 14.8. The molecule has 1 aromatic rings. The fourth-order valence-electron chi connectivity index (χ4n) is 1.56. The monoisotopic (exact) mass is 364 g/mol. The van der Waals surface area contributed by atoms with E-state index in [0.717, 1.165) is 0 Å². The van der Waals surface area contributed by atoms with Crippen molar-refractivity contribution < 1.29 is 19.1 Å². The van der Waals surface area contributed by atoms with E-state index in [2.05, 4.69) is 15.9 Å². The van der Waals surface area contributed by atoms with E-state index in [-0.39, 0.29) is 32.5 Å². The average Bonchev–Trinajstić information content (AvgIpc) is 2.67. The van der Waals surface area contributed by atoms with Gasteiger partial charge in [0, 0.05) is 5.56 Å². The Labute approximate surface area is 127 Å². The first-order chi connectivity index (χ1) is 8.95. The van der Waals surface area contributed by atoms with Crippen LogP contribution in [0.5, 0.6) is 0 Å². The first-order valence-corrected chi connectivity index (χ1v) is 6.79. The molecule has 4 nitrogen and oxygen atoms in total. The highest BCUT2D eigenvalue weighted by Crippen LogP contribution is 2.38. The summed E-state index contributed by atoms with van der Waals surface area (Å²) in [7, 11) is 0. The van der Waals surface area contributed by atoms with Gasteiger partial charge < -0.3 is 9.47 Å². The van der Waals surface area contributed by atoms with Crippen LogP contribution in [-0.2, 0) is 14.3 Å². The van der Waals surface area contributed by atoms with Crippen molar-refractivity contribution in [3.8, 4) is 0 Å². The molecule has 1 heterocycles. The molecule has 1 aliphatic heterocycles. The van der Waals surface area contributed by atoms with Gasteiger partial charge in [-0.1, -0.05) is 23.2 Å². The third kappa shape index (κ3) is 2.63. The zero-order chi connectivity index (χ0) is 14.2. The smallest absolute Gasteiger partial charge is 0.349 e. The van der Waals surface area contributed by atoms with Gasteiger partial charge in [0.05, 0.1) is 22.2 Å². The Morgan fingerprint density at radius 3 is 2.47 bits per heavy atom. The largest absolute Gasteiger partial charge is 0.462 e. The molecule has 0 amide bonds. The number of carbonyl (C=O) groups excluding carboxylic acids is 2. The summed E-state index contributed by atoms with van der Waals surface area (Å²) in [5.41, 5.74) is 0.657. The molecule has 0 bridgehead atoms. The Morgan fingerprint density at radius 2 is 1.89 bits per heavy atom. The summed E-state index contributed by atoms with van der Waals surface area (Å²) in [6.45, 7) is 1.89. The van der Waals surface area contributed by atoms with E-state index >= 15 is 0 Å². The van der Waals surface area contributed by atoms with Crippen LogP contribution in [0.2, 0.25) is 10.0 Å². The van der Waals surface area contributed by atoms with E-state index in [4.69, 9.17) is 32.7 Å². The number of carbonyl (C=O) groups is 2. The molecule has 0 spiro atoms. The molecule has 0 radical (unpaired) electrons. The summed E-state index contributed by atoms with van der Waals surface area (Å²) in [5.74, 6) is -1.13. The molecule has 7 heteroatoms. The average molecular weight is 366 g/mol. The molecule has 0 saturated carbocycles. The van der Waals surface area contributed by atoms with Crippen molar-refractivity contribution in [3.63, 3.8) is 0 Å². The van der Waals surface area contributed by atoms with Crippen LogP contribution in [0, 0.1) is 0 Å². The summed E-state index contributed by atoms with van der Waals surface area (Å²) in [6.07, 6.45) is 0. The molecule has 100 valence electrons. The maximum atomic E-state index is 11.7. The Bertz CT molecular complexity index is 610. The molecule has 0 unspecified atom stereocenters. The highest BCUT2D eigenvalue weighted by atomic mass is 79.9. The summed E-state index contributed by atoms with van der Waals surface area (Å²) in [5, 5.41) is 0.506. The molecule has 19 heavy (non-hydrogen) atoms. The van der Waals surface area contributed by atoms with Crippen LogP contribution in [0.3, 0.4) is 0 Å². The Morgan fingerprint density at radius 1 is 1.32 bits per heavy atom. The summed E-state index contributed by atoms with van der Waals surface area (Å²) in [6, 6.07) is 2.87. The van der Waals surface area contributed by atoms with Crippen molar-refractivity contribution in [2.45, 2.75) is 6.92 Å². The van der Waals surface area contributed by atoms with Gasteiger partial charge >= 0.3 is 11.9 Å². The number of cyclic esters (lactones) is 1. The number of fused-ring (bicyclic) bond motifs is 1. The maximum absolute atomic E-state index is 11.7. The van der Waals surface area contributed by atoms with Crippen LogP contribution in [-0.4, -0.2) is 18.5 Å². The van der Waals surface area contributed by atoms with Gasteiger partial charge in [0.25, 0.3) is 0 Å². The fraction of sp³-hybridized carbons (Fsp3) is 0.167. The van der Waals surface area contributed by atoms with E-state index < -0.39 is 11.9 Å². The number of hydrogen-bond donors (Lipinski definition) is 0. The lowest BCUT2D eigenvalue weighted by molar-refractivity contribution is -0.137. The third-order valence-corrected chi connectivity index (χ3v) is 3.78. The molecule has 0 atom stereocenters. The number of ether oxygens (including phenoxy) is 2. The van der Waals surface area contributed by atoms with Crippen molar-refractivity contribution in [2.75, 3.05) is 6.61 Å². The van der Waals surface area contributed by atoms with E-state index in [0.29, 0.717) is 5.56 Å². The zero-order valence-electron chi connectivity index (χ0n) is 9.63. The molecular formula is C12H7BrCl2O4. The Hall–Kier alpha value is -1.04. The molecule has 0 aromatic heterocycles. The topological polar surface area (TPSA) is 52.6 Å². The van der Waals surface area contributed by atoms with Crippen LogP contribution in [0.4, 0.5) is 0 Å². The standard InChI is InChI=1S/C12H7BrCl2O4/c1-2-18-12(17)9(13)10-5-3-7(14)8(15)4-6(5)11(16)19-10/h3-4H,2H2,1H3/b10-9+. The molecule has 0 fully saturated rings. The number of rotatable bonds is 2. The van der Waals surface area contributed by atoms with Crippen LogP contribution >= 0.6 is 39.1 Å². The van der Waals surface area contributed by atoms with E-state index in [9.17, 15) is 9.59 Å².